The summed E-state index contributed by atoms with van der Waals surface area (Å²) in [5, 5.41) is 0. The van der Waals surface area contributed by atoms with Gasteiger partial charge in [0.25, 0.3) is 5.67 Å². The van der Waals surface area contributed by atoms with Crippen LogP contribution in [0.15, 0.2) is 36.5 Å². The Labute approximate surface area is 190 Å². The first kappa shape index (κ1) is 29.2. The standard InChI is InChI=1S/C21H23F7O6/c1-11(2)14(29)32-8-17(22)7-18(23,9-33-15(30)12(3)4)21(27,28)19(24,20(17,25)26)10-34-16(31)13(5)6/h1,3,5,7-10H2,2,4,6H3. The van der Waals surface area contributed by atoms with Crippen LogP contribution in [0.2, 0.25) is 0 Å². The predicted molar refractivity (Wildman–Crippen MR) is 103 cm³/mol. The highest BCUT2D eigenvalue weighted by Gasteiger charge is 2.89. The lowest BCUT2D eigenvalue weighted by Crippen LogP contribution is -2.80. The van der Waals surface area contributed by atoms with Gasteiger partial charge in [-0.15, -0.1) is 0 Å². The summed E-state index contributed by atoms with van der Waals surface area (Å²) in [7, 11) is 0. The van der Waals surface area contributed by atoms with Gasteiger partial charge in [-0.1, -0.05) is 19.7 Å². The van der Waals surface area contributed by atoms with Gasteiger partial charge < -0.3 is 14.2 Å². The Bertz CT molecular complexity index is 861. The van der Waals surface area contributed by atoms with E-state index in [2.05, 4.69) is 33.9 Å². The molecule has 1 aliphatic carbocycles. The Morgan fingerprint density at radius 3 is 1.15 bits per heavy atom. The molecule has 34 heavy (non-hydrogen) atoms. The van der Waals surface area contributed by atoms with Crippen molar-refractivity contribution in [2.75, 3.05) is 19.8 Å². The van der Waals surface area contributed by atoms with Crippen LogP contribution in [0.4, 0.5) is 30.7 Å². The van der Waals surface area contributed by atoms with Crippen LogP contribution in [0.1, 0.15) is 27.2 Å². The maximum atomic E-state index is 15.5. The van der Waals surface area contributed by atoms with Gasteiger partial charge in [-0.3, -0.25) is 0 Å². The largest absolute Gasteiger partial charge is 0.459 e. The molecule has 0 saturated heterocycles. The quantitative estimate of drug-likeness (QED) is 0.203. The molecular formula is C21H23F7O6. The first-order valence-corrected chi connectivity index (χ1v) is 9.49. The minimum Gasteiger partial charge on any atom is -0.459 e. The van der Waals surface area contributed by atoms with Crippen molar-refractivity contribution in [1.29, 1.82) is 0 Å². The van der Waals surface area contributed by atoms with Crippen molar-refractivity contribution < 1.29 is 59.3 Å². The summed E-state index contributed by atoms with van der Waals surface area (Å²) in [6.07, 6.45) is -2.47. The van der Waals surface area contributed by atoms with Crippen molar-refractivity contribution in [3.05, 3.63) is 36.5 Å². The van der Waals surface area contributed by atoms with Crippen LogP contribution in [0.3, 0.4) is 0 Å². The van der Waals surface area contributed by atoms with Gasteiger partial charge in [0.1, 0.15) is 19.8 Å². The van der Waals surface area contributed by atoms with E-state index in [1.165, 1.54) is 0 Å². The highest BCUT2D eigenvalue weighted by atomic mass is 19.3. The van der Waals surface area contributed by atoms with Crippen LogP contribution in [0.5, 0.6) is 0 Å². The minimum absolute atomic E-state index is 0.420. The van der Waals surface area contributed by atoms with Gasteiger partial charge in [-0.25, -0.2) is 27.6 Å². The highest BCUT2D eigenvalue weighted by molar-refractivity contribution is 5.87. The van der Waals surface area contributed by atoms with Crippen molar-refractivity contribution >= 4 is 17.9 Å². The van der Waals surface area contributed by atoms with Crippen molar-refractivity contribution in [3.63, 3.8) is 0 Å². The highest BCUT2D eigenvalue weighted by Crippen LogP contribution is 2.63. The van der Waals surface area contributed by atoms with E-state index in [0.29, 0.717) is 0 Å². The van der Waals surface area contributed by atoms with E-state index < -0.39 is 89.7 Å². The topological polar surface area (TPSA) is 78.9 Å². The molecule has 1 rings (SSSR count). The molecule has 0 aromatic heterocycles. The van der Waals surface area contributed by atoms with Crippen LogP contribution < -0.4 is 0 Å². The first-order chi connectivity index (χ1) is 15.2. The first-order valence-electron chi connectivity index (χ1n) is 9.49. The summed E-state index contributed by atoms with van der Waals surface area (Å²) in [5.41, 5.74) is -16.1. The average molecular weight is 504 g/mol. The molecule has 1 saturated carbocycles. The third kappa shape index (κ3) is 4.83. The maximum Gasteiger partial charge on any atom is 0.333 e. The zero-order chi connectivity index (χ0) is 26.9. The molecular weight excluding hydrogens is 481 g/mol. The smallest absolute Gasteiger partial charge is 0.333 e. The molecule has 0 radical (unpaired) electrons. The van der Waals surface area contributed by atoms with E-state index in [1.54, 1.807) is 0 Å². The molecule has 2 atom stereocenters. The van der Waals surface area contributed by atoms with E-state index in [-0.39, 0.29) is 0 Å². The van der Waals surface area contributed by atoms with Crippen molar-refractivity contribution in [2.45, 2.75) is 56.0 Å². The average Bonchev–Trinajstić information content (AvgIpc) is 2.71. The number of ether oxygens (including phenoxy) is 3. The van der Waals surface area contributed by atoms with E-state index in [1.807, 2.05) is 0 Å². The number of hydrogen-bond acceptors (Lipinski definition) is 6. The lowest BCUT2D eigenvalue weighted by atomic mass is 9.65. The fraction of sp³-hybridized carbons (Fsp3) is 0.571. The van der Waals surface area contributed by atoms with Gasteiger partial charge in [0.05, 0.1) is 0 Å². The van der Waals surface area contributed by atoms with Crippen LogP contribution in [0, 0.1) is 0 Å². The number of hydrogen-bond donors (Lipinski definition) is 0. The van der Waals surface area contributed by atoms with Crippen LogP contribution in [-0.2, 0) is 28.6 Å². The Kier molecular flexibility index (Phi) is 8.08. The number of carbonyl (C=O) groups is 3. The Morgan fingerprint density at radius 2 is 0.882 bits per heavy atom. The van der Waals surface area contributed by atoms with Gasteiger partial charge >= 0.3 is 29.8 Å². The molecule has 1 aliphatic rings. The fourth-order valence-corrected chi connectivity index (χ4v) is 2.93. The number of halogens is 7. The summed E-state index contributed by atoms with van der Waals surface area (Å²) >= 11 is 0. The molecule has 0 spiro atoms. The second-order valence-corrected chi connectivity index (χ2v) is 8.13. The summed E-state index contributed by atoms with van der Waals surface area (Å²) in [6.45, 7) is 5.62. The van der Waals surface area contributed by atoms with Gasteiger partial charge in [0.2, 0.25) is 11.3 Å². The Hall–Kier alpha value is -2.86. The van der Waals surface area contributed by atoms with Crippen molar-refractivity contribution in [1.82, 2.24) is 0 Å². The van der Waals surface area contributed by atoms with E-state index in [0.717, 1.165) is 20.8 Å². The van der Waals surface area contributed by atoms with Gasteiger partial charge in [0.15, 0.2) is 0 Å². The van der Waals surface area contributed by atoms with E-state index >= 15 is 30.7 Å². The number of alkyl halides is 7. The molecule has 13 heteroatoms. The van der Waals surface area contributed by atoms with E-state index in [9.17, 15) is 14.4 Å². The van der Waals surface area contributed by atoms with Crippen LogP contribution >= 0.6 is 0 Å². The lowest BCUT2D eigenvalue weighted by Gasteiger charge is -2.53. The molecule has 0 bridgehead atoms. The molecule has 0 aromatic carbocycles. The molecule has 6 nitrogen and oxygen atoms in total. The minimum atomic E-state index is -5.79. The fourth-order valence-electron chi connectivity index (χ4n) is 2.93. The van der Waals surface area contributed by atoms with Gasteiger partial charge in [-0.05, 0) is 20.8 Å². The number of rotatable bonds is 9. The molecule has 2 unspecified atom stereocenters. The summed E-state index contributed by atoms with van der Waals surface area (Å²) in [4.78, 5) is 34.6. The lowest BCUT2D eigenvalue weighted by molar-refractivity contribution is -0.377. The normalized spacial score (nSPS) is 29.5. The molecule has 1 fully saturated rings. The molecule has 0 aromatic rings. The predicted octanol–water partition coefficient (Wildman–Crippen LogP) is 4.14. The SMILES string of the molecule is C=C(C)C(=O)OCC1(F)CC(F)(COC(=O)C(=C)C)C(F)(F)C(F)(COC(=O)C(=C)C)C1(F)F. The van der Waals surface area contributed by atoms with Gasteiger partial charge in [-0.2, -0.15) is 17.6 Å². The van der Waals surface area contributed by atoms with E-state index in [4.69, 9.17) is 0 Å². The van der Waals surface area contributed by atoms with Crippen molar-refractivity contribution in [2.24, 2.45) is 0 Å². The molecule has 0 aliphatic heterocycles. The zero-order valence-corrected chi connectivity index (χ0v) is 18.5. The monoisotopic (exact) mass is 504 g/mol. The second kappa shape index (κ2) is 9.41. The maximum absolute atomic E-state index is 15.5. The summed E-state index contributed by atoms with van der Waals surface area (Å²) in [5.74, 6) is -16.1. The molecule has 0 N–H and O–H groups in total. The zero-order valence-electron chi connectivity index (χ0n) is 18.5. The molecule has 0 amide bonds. The van der Waals surface area contributed by atoms with Crippen LogP contribution in [0.25, 0.3) is 0 Å². The molecule has 0 heterocycles. The second-order valence-electron chi connectivity index (χ2n) is 8.13. The molecule has 192 valence electrons. The number of esters is 3. The van der Waals surface area contributed by atoms with Gasteiger partial charge in [0, 0.05) is 23.1 Å². The summed E-state index contributed by atoms with van der Waals surface area (Å²) < 4.78 is 119. The summed E-state index contributed by atoms with van der Waals surface area (Å²) in [6, 6.07) is 0. The third-order valence-electron chi connectivity index (χ3n) is 4.99. The Morgan fingerprint density at radius 1 is 0.618 bits per heavy atom. The number of carbonyl (C=O) groups excluding carboxylic acids is 3. The Balaban J connectivity index is 3.60. The third-order valence-corrected chi connectivity index (χ3v) is 4.99. The van der Waals surface area contributed by atoms with Crippen LogP contribution in [-0.4, -0.2) is 66.6 Å². The van der Waals surface area contributed by atoms with Crippen molar-refractivity contribution in [3.8, 4) is 0 Å².